The van der Waals surface area contributed by atoms with E-state index in [2.05, 4.69) is 19.2 Å². The van der Waals surface area contributed by atoms with E-state index >= 15 is 0 Å². The Bertz CT molecular complexity index is 63.9. The van der Waals surface area contributed by atoms with Gasteiger partial charge in [0.15, 0.2) is 0 Å². The average molecular weight is 131 g/mol. The molecule has 0 aromatic heterocycles. The van der Waals surface area contributed by atoms with E-state index in [1.54, 1.807) is 0 Å². The van der Waals surface area contributed by atoms with Gasteiger partial charge in [0.05, 0.1) is 0 Å². The molecule has 0 spiro atoms. The van der Waals surface area contributed by atoms with Gasteiger partial charge in [-0.1, -0.05) is 13.8 Å². The van der Waals surface area contributed by atoms with Crippen LogP contribution in [0, 0.1) is 5.92 Å². The van der Waals surface area contributed by atoms with Crippen LogP contribution in [0.4, 0.5) is 0 Å². The first kappa shape index (κ1) is 8.92. The van der Waals surface area contributed by atoms with Crippen LogP contribution in [0.2, 0.25) is 0 Å². The topological polar surface area (TPSA) is 32.3 Å². The highest BCUT2D eigenvalue weighted by Crippen LogP contribution is 2.03. The van der Waals surface area contributed by atoms with Gasteiger partial charge in [0.1, 0.15) is 0 Å². The summed E-state index contributed by atoms with van der Waals surface area (Å²) in [6.07, 6.45) is 0.855. The highest BCUT2D eigenvalue weighted by atomic mass is 16.3. The Morgan fingerprint density at radius 3 is 2.11 bits per heavy atom. The van der Waals surface area contributed by atoms with Gasteiger partial charge in [0, 0.05) is 12.6 Å². The summed E-state index contributed by atoms with van der Waals surface area (Å²) in [5.41, 5.74) is 0. The van der Waals surface area contributed by atoms with Crippen molar-refractivity contribution in [3.8, 4) is 0 Å². The predicted molar refractivity (Wildman–Crippen MR) is 39.4 cm³/mol. The van der Waals surface area contributed by atoms with Crippen molar-refractivity contribution in [3.63, 3.8) is 0 Å². The van der Waals surface area contributed by atoms with Crippen molar-refractivity contribution in [1.29, 1.82) is 0 Å². The quantitative estimate of drug-likeness (QED) is 0.586. The minimum absolute atomic E-state index is 0.281. The number of nitrogens with one attached hydrogen (secondary N) is 1. The Labute approximate surface area is 57.3 Å². The summed E-state index contributed by atoms with van der Waals surface area (Å²) in [5.74, 6) is 0.613. The summed E-state index contributed by atoms with van der Waals surface area (Å²) in [4.78, 5) is 0. The van der Waals surface area contributed by atoms with Gasteiger partial charge in [0.2, 0.25) is 0 Å². The molecule has 1 atom stereocenters. The molecule has 0 heterocycles. The summed E-state index contributed by atoms with van der Waals surface area (Å²) < 4.78 is 0. The van der Waals surface area contributed by atoms with E-state index < -0.39 is 0 Å². The van der Waals surface area contributed by atoms with Crippen molar-refractivity contribution in [2.75, 3.05) is 13.7 Å². The molecule has 0 saturated carbocycles. The second kappa shape index (κ2) is 4.77. The molecule has 0 unspecified atom stereocenters. The van der Waals surface area contributed by atoms with Crippen LogP contribution in [0.1, 0.15) is 20.3 Å². The van der Waals surface area contributed by atoms with Crippen molar-refractivity contribution in [3.05, 3.63) is 0 Å². The lowest BCUT2D eigenvalue weighted by molar-refractivity contribution is 0.249. The van der Waals surface area contributed by atoms with Gasteiger partial charge in [-0.15, -0.1) is 0 Å². The summed E-state index contributed by atoms with van der Waals surface area (Å²) in [6.45, 7) is 4.58. The molecule has 0 aliphatic carbocycles. The Hall–Kier alpha value is -0.0800. The van der Waals surface area contributed by atoms with E-state index in [-0.39, 0.29) is 6.61 Å². The summed E-state index contributed by atoms with van der Waals surface area (Å²) in [7, 11) is 1.93. The van der Waals surface area contributed by atoms with Gasteiger partial charge in [0.25, 0.3) is 0 Å². The van der Waals surface area contributed by atoms with E-state index in [4.69, 9.17) is 5.11 Å². The van der Waals surface area contributed by atoms with Crippen molar-refractivity contribution >= 4 is 0 Å². The van der Waals surface area contributed by atoms with Crippen LogP contribution < -0.4 is 5.32 Å². The number of aliphatic hydroxyl groups excluding tert-OH is 1. The minimum Gasteiger partial charge on any atom is -0.396 e. The van der Waals surface area contributed by atoms with Crippen LogP contribution >= 0.6 is 0 Å². The maximum atomic E-state index is 8.58. The van der Waals surface area contributed by atoms with Crippen LogP contribution in [0.15, 0.2) is 0 Å². The van der Waals surface area contributed by atoms with Crippen LogP contribution in [0.5, 0.6) is 0 Å². The van der Waals surface area contributed by atoms with E-state index in [0.717, 1.165) is 6.42 Å². The number of hydrogen-bond acceptors (Lipinski definition) is 2. The molecule has 0 bridgehead atoms. The number of aliphatic hydroxyl groups is 1. The summed E-state index contributed by atoms with van der Waals surface area (Å²) in [6, 6.07) is 0.468. The van der Waals surface area contributed by atoms with E-state index in [0.29, 0.717) is 12.0 Å². The highest BCUT2D eigenvalue weighted by Gasteiger charge is 2.08. The fourth-order valence-electron chi connectivity index (χ4n) is 0.950. The SMILES string of the molecule is CN[C@H](CCO)C(C)C. The predicted octanol–water partition coefficient (Wildman–Crippen LogP) is 0.613. The second-order valence-electron chi connectivity index (χ2n) is 2.65. The fourth-order valence-corrected chi connectivity index (χ4v) is 0.950. The zero-order chi connectivity index (χ0) is 7.28. The maximum Gasteiger partial charge on any atom is 0.0445 e. The second-order valence-corrected chi connectivity index (χ2v) is 2.65. The fraction of sp³-hybridized carbons (Fsp3) is 1.00. The molecule has 2 nitrogen and oxygen atoms in total. The molecule has 9 heavy (non-hydrogen) atoms. The zero-order valence-electron chi connectivity index (χ0n) is 6.52. The first-order valence-electron chi connectivity index (χ1n) is 3.50. The Morgan fingerprint density at radius 2 is 2.00 bits per heavy atom. The lowest BCUT2D eigenvalue weighted by atomic mass is 10.0. The minimum atomic E-state index is 0.281. The largest absolute Gasteiger partial charge is 0.396 e. The molecular weight excluding hydrogens is 114 g/mol. The van der Waals surface area contributed by atoms with Crippen LogP contribution in [0.25, 0.3) is 0 Å². The lowest BCUT2D eigenvalue weighted by Gasteiger charge is -2.18. The molecule has 2 N–H and O–H groups in total. The lowest BCUT2D eigenvalue weighted by Crippen LogP contribution is -2.31. The standard InChI is InChI=1S/C7H17NO/c1-6(2)7(8-3)4-5-9/h6-9H,4-5H2,1-3H3/t7-/m1/s1. The number of hydrogen-bond donors (Lipinski definition) is 2. The normalized spacial score (nSPS) is 14.3. The van der Waals surface area contributed by atoms with Crippen molar-refractivity contribution < 1.29 is 5.11 Å². The molecule has 0 aromatic carbocycles. The maximum absolute atomic E-state index is 8.58. The summed E-state index contributed by atoms with van der Waals surface area (Å²) in [5, 5.41) is 11.7. The van der Waals surface area contributed by atoms with Crippen LogP contribution in [-0.2, 0) is 0 Å². The highest BCUT2D eigenvalue weighted by molar-refractivity contribution is 4.66. The van der Waals surface area contributed by atoms with Crippen molar-refractivity contribution in [2.45, 2.75) is 26.3 Å². The Kier molecular flexibility index (Phi) is 4.72. The first-order chi connectivity index (χ1) is 4.22. The molecular formula is C7H17NO. The zero-order valence-corrected chi connectivity index (χ0v) is 6.52. The van der Waals surface area contributed by atoms with Crippen LogP contribution in [0.3, 0.4) is 0 Å². The van der Waals surface area contributed by atoms with E-state index in [9.17, 15) is 0 Å². The molecule has 0 aliphatic heterocycles. The number of rotatable bonds is 4. The van der Waals surface area contributed by atoms with Gasteiger partial charge < -0.3 is 10.4 Å². The van der Waals surface area contributed by atoms with E-state index in [1.165, 1.54) is 0 Å². The smallest absolute Gasteiger partial charge is 0.0445 e. The van der Waals surface area contributed by atoms with Gasteiger partial charge in [-0.05, 0) is 19.4 Å². The van der Waals surface area contributed by atoms with Gasteiger partial charge in [-0.3, -0.25) is 0 Å². The first-order valence-corrected chi connectivity index (χ1v) is 3.50. The molecule has 56 valence electrons. The Morgan fingerprint density at radius 1 is 1.44 bits per heavy atom. The van der Waals surface area contributed by atoms with Crippen molar-refractivity contribution in [1.82, 2.24) is 5.32 Å². The van der Waals surface area contributed by atoms with Crippen molar-refractivity contribution in [2.24, 2.45) is 5.92 Å². The molecule has 0 saturated heterocycles. The van der Waals surface area contributed by atoms with Gasteiger partial charge >= 0.3 is 0 Å². The van der Waals surface area contributed by atoms with Gasteiger partial charge in [-0.25, -0.2) is 0 Å². The van der Waals surface area contributed by atoms with Gasteiger partial charge in [-0.2, -0.15) is 0 Å². The molecule has 0 radical (unpaired) electrons. The summed E-state index contributed by atoms with van der Waals surface area (Å²) >= 11 is 0. The third kappa shape index (κ3) is 3.49. The van der Waals surface area contributed by atoms with Crippen LogP contribution in [-0.4, -0.2) is 24.8 Å². The molecule has 0 amide bonds. The van der Waals surface area contributed by atoms with E-state index in [1.807, 2.05) is 7.05 Å². The molecule has 0 fully saturated rings. The third-order valence-electron chi connectivity index (χ3n) is 1.62. The third-order valence-corrected chi connectivity index (χ3v) is 1.62. The average Bonchev–Trinajstić information content (AvgIpc) is 1.82. The monoisotopic (exact) mass is 131 g/mol. The molecule has 2 heteroatoms. The molecule has 0 aliphatic rings. The molecule has 0 rings (SSSR count). The Balaban J connectivity index is 3.41. The molecule has 0 aromatic rings.